The van der Waals surface area contributed by atoms with Gasteiger partial charge in [-0.15, -0.1) is 0 Å². The number of rotatable bonds is 4. The highest BCUT2D eigenvalue weighted by atomic mass is 16.5. The molecule has 0 spiro atoms. The van der Waals surface area contributed by atoms with Crippen LogP contribution >= 0.6 is 0 Å². The fourth-order valence-electron chi connectivity index (χ4n) is 3.58. The minimum absolute atomic E-state index is 0.137. The lowest BCUT2D eigenvalue weighted by molar-refractivity contribution is 0.102. The van der Waals surface area contributed by atoms with Crippen molar-refractivity contribution >= 4 is 17.5 Å². The van der Waals surface area contributed by atoms with Crippen LogP contribution < -0.4 is 5.32 Å². The number of aryl methyl sites for hydroxylation is 2. The molecule has 0 saturated heterocycles. The van der Waals surface area contributed by atoms with Gasteiger partial charge < -0.3 is 10.1 Å². The zero-order valence-electron chi connectivity index (χ0n) is 16.0. The second kappa shape index (κ2) is 7.69. The molecule has 0 aliphatic carbocycles. The maximum absolute atomic E-state index is 13.3. The van der Waals surface area contributed by atoms with Crippen LogP contribution in [0.1, 0.15) is 27.0 Å². The van der Waals surface area contributed by atoms with E-state index in [1.807, 2.05) is 74.5 Å². The summed E-state index contributed by atoms with van der Waals surface area (Å²) in [5.41, 5.74) is 6.22. The number of nitrogens with zero attached hydrogens (tertiary/aromatic N) is 1. The van der Waals surface area contributed by atoms with Gasteiger partial charge in [0.1, 0.15) is 6.61 Å². The predicted octanol–water partition coefficient (Wildman–Crippen LogP) is 5.00. The van der Waals surface area contributed by atoms with E-state index in [4.69, 9.17) is 4.74 Å². The molecule has 1 aliphatic rings. The third kappa shape index (κ3) is 3.54. The molecule has 0 atom stereocenters. The Morgan fingerprint density at radius 2 is 1.71 bits per heavy atom. The first-order valence-corrected chi connectivity index (χ1v) is 9.38. The smallest absolute Gasteiger partial charge is 0.256 e. The van der Waals surface area contributed by atoms with E-state index in [9.17, 15) is 4.79 Å². The summed E-state index contributed by atoms with van der Waals surface area (Å²) >= 11 is 0. The van der Waals surface area contributed by atoms with Crippen molar-refractivity contribution in [1.82, 2.24) is 0 Å². The Balaban J connectivity index is 1.74. The van der Waals surface area contributed by atoms with Crippen LogP contribution in [0.2, 0.25) is 0 Å². The van der Waals surface area contributed by atoms with Gasteiger partial charge in [-0.3, -0.25) is 4.79 Å². The molecule has 3 aromatic carbocycles. The van der Waals surface area contributed by atoms with Crippen molar-refractivity contribution in [3.05, 3.63) is 89.0 Å². The van der Waals surface area contributed by atoms with E-state index in [0.29, 0.717) is 30.3 Å². The van der Waals surface area contributed by atoms with Crippen molar-refractivity contribution in [3.63, 3.8) is 0 Å². The Bertz CT molecular complexity index is 1060. The summed E-state index contributed by atoms with van der Waals surface area (Å²) in [7, 11) is 0. The van der Waals surface area contributed by atoms with Crippen LogP contribution in [-0.2, 0) is 4.74 Å². The first-order valence-electron chi connectivity index (χ1n) is 9.38. The summed E-state index contributed by atoms with van der Waals surface area (Å²) in [6.07, 6.45) is 0. The number of hydrogen-bond donors (Lipinski definition) is 1. The van der Waals surface area contributed by atoms with Gasteiger partial charge in [-0.05, 0) is 42.7 Å². The molecule has 0 unspecified atom stereocenters. The topological polar surface area (TPSA) is 50.7 Å². The molecule has 1 N–H and O–H groups in total. The molecule has 1 heterocycles. The molecule has 140 valence electrons. The predicted molar refractivity (Wildman–Crippen MR) is 113 cm³/mol. The molecule has 4 rings (SSSR count). The number of benzene rings is 3. The number of carbonyl (C=O) groups excluding carboxylic acids is 1. The highest BCUT2D eigenvalue weighted by molar-refractivity contribution is 6.12. The fourth-order valence-corrected chi connectivity index (χ4v) is 3.58. The molecule has 0 aromatic heterocycles. The van der Waals surface area contributed by atoms with Crippen molar-refractivity contribution in [1.29, 1.82) is 0 Å². The average Bonchev–Trinajstić information content (AvgIpc) is 3.23. The third-order valence-electron chi connectivity index (χ3n) is 4.78. The standard InChI is InChI=1S/C24H22N2O2/c1-16-14-17(2)22(20(15-16)18-8-4-3-5-9-18)23(27)26-21-11-7-6-10-19(21)24-25-12-13-28-24/h3-11,14-15H,12-13H2,1-2H3,(H,26,27). The number of amides is 1. The Hall–Kier alpha value is -3.40. The zero-order valence-corrected chi connectivity index (χ0v) is 16.0. The van der Waals surface area contributed by atoms with E-state index in [1.165, 1.54) is 0 Å². The lowest BCUT2D eigenvalue weighted by atomic mass is 9.93. The van der Waals surface area contributed by atoms with Gasteiger partial charge in [0.05, 0.1) is 23.4 Å². The highest BCUT2D eigenvalue weighted by Gasteiger charge is 2.20. The maximum Gasteiger partial charge on any atom is 0.256 e. The van der Waals surface area contributed by atoms with E-state index in [0.717, 1.165) is 27.8 Å². The molecule has 3 aromatic rings. The summed E-state index contributed by atoms with van der Waals surface area (Å²) in [6.45, 7) is 5.25. The van der Waals surface area contributed by atoms with Gasteiger partial charge in [-0.2, -0.15) is 0 Å². The van der Waals surface area contributed by atoms with Crippen LogP contribution in [0.15, 0.2) is 71.7 Å². The van der Waals surface area contributed by atoms with E-state index in [1.54, 1.807) is 0 Å². The molecule has 0 fully saturated rings. The number of ether oxygens (including phenoxy) is 1. The quantitative estimate of drug-likeness (QED) is 0.703. The number of para-hydroxylation sites is 1. The molecule has 1 amide bonds. The molecule has 28 heavy (non-hydrogen) atoms. The Kier molecular flexibility index (Phi) is 4.94. The second-order valence-corrected chi connectivity index (χ2v) is 6.91. The van der Waals surface area contributed by atoms with Crippen molar-refractivity contribution in [2.24, 2.45) is 4.99 Å². The van der Waals surface area contributed by atoms with Crippen LogP contribution in [0.3, 0.4) is 0 Å². The van der Waals surface area contributed by atoms with Crippen molar-refractivity contribution in [3.8, 4) is 11.1 Å². The largest absolute Gasteiger partial charge is 0.475 e. The Labute approximate surface area is 164 Å². The van der Waals surface area contributed by atoms with Gasteiger partial charge in [0.25, 0.3) is 5.91 Å². The molecule has 0 radical (unpaired) electrons. The van der Waals surface area contributed by atoms with E-state index in [-0.39, 0.29) is 5.91 Å². The van der Waals surface area contributed by atoms with Gasteiger partial charge in [-0.25, -0.2) is 4.99 Å². The number of anilines is 1. The SMILES string of the molecule is Cc1cc(C)c(C(=O)Nc2ccccc2C2=NCCO2)c(-c2ccccc2)c1. The Morgan fingerprint density at radius 1 is 0.964 bits per heavy atom. The first-order chi connectivity index (χ1) is 13.6. The zero-order chi connectivity index (χ0) is 19.5. The van der Waals surface area contributed by atoms with Crippen LogP contribution in [-0.4, -0.2) is 25.0 Å². The molecular weight excluding hydrogens is 348 g/mol. The van der Waals surface area contributed by atoms with Crippen molar-refractivity contribution < 1.29 is 9.53 Å². The maximum atomic E-state index is 13.3. The number of hydrogen-bond acceptors (Lipinski definition) is 3. The van der Waals surface area contributed by atoms with E-state index >= 15 is 0 Å². The summed E-state index contributed by atoms with van der Waals surface area (Å²) < 4.78 is 5.60. The fraction of sp³-hybridized carbons (Fsp3) is 0.167. The van der Waals surface area contributed by atoms with Gasteiger partial charge in [0, 0.05) is 0 Å². The second-order valence-electron chi connectivity index (χ2n) is 6.91. The lowest BCUT2D eigenvalue weighted by Crippen LogP contribution is -2.17. The monoisotopic (exact) mass is 370 g/mol. The van der Waals surface area contributed by atoms with E-state index < -0.39 is 0 Å². The van der Waals surface area contributed by atoms with Crippen LogP contribution in [0, 0.1) is 13.8 Å². The molecule has 0 saturated carbocycles. The molecular formula is C24H22N2O2. The summed E-state index contributed by atoms with van der Waals surface area (Å²) in [5.74, 6) is 0.446. The van der Waals surface area contributed by atoms with Gasteiger partial charge in [0.15, 0.2) is 0 Å². The lowest BCUT2D eigenvalue weighted by Gasteiger charge is -2.16. The van der Waals surface area contributed by atoms with Crippen molar-refractivity contribution in [2.75, 3.05) is 18.5 Å². The minimum atomic E-state index is -0.137. The summed E-state index contributed by atoms with van der Waals surface area (Å²) in [6, 6.07) is 21.7. The normalized spacial score (nSPS) is 13.0. The van der Waals surface area contributed by atoms with Gasteiger partial charge in [-0.1, -0.05) is 60.2 Å². The first kappa shape index (κ1) is 18.0. The Morgan fingerprint density at radius 3 is 2.46 bits per heavy atom. The number of nitrogens with one attached hydrogen (secondary N) is 1. The van der Waals surface area contributed by atoms with Gasteiger partial charge in [0.2, 0.25) is 5.90 Å². The highest BCUT2D eigenvalue weighted by Crippen LogP contribution is 2.29. The molecule has 0 bridgehead atoms. The minimum Gasteiger partial charge on any atom is -0.475 e. The van der Waals surface area contributed by atoms with Gasteiger partial charge >= 0.3 is 0 Å². The van der Waals surface area contributed by atoms with Crippen LogP contribution in [0.5, 0.6) is 0 Å². The number of aliphatic imine (C=N–C) groups is 1. The molecule has 1 aliphatic heterocycles. The van der Waals surface area contributed by atoms with Crippen molar-refractivity contribution in [2.45, 2.75) is 13.8 Å². The van der Waals surface area contributed by atoms with Crippen LogP contribution in [0.4, 0.5) is 5.69 Å². The average molecular weight is 370 g/mol. The third-order valence-corrected chi connectivity index (χ3v) is 4.78. The summed E-state index contributed by atoms with van der Waals surface area (Å²) in [5, 5.41) is 3.07. The molecule has 4 heteroatoms. The summed E-state index contributed by atoms with van der Waals surface area (Å²) in [4.78, 5) is 17.7. The van der Waals surface area contributed by atoms with Crippen LogP contribution in [0.25, 0.3) is 11.1 Å². The number of carbonyl (C=O) groups is 1. The molecule has 4 nitrogen and oxygen atoms in total. The van der Waals surface area contributed by atoms with E-state index in [2.05, 4.69) is 16.4 Å².